The smallest absolute Gasteiger partial charge is 0.220 e. The number of pyridine rings is 1. The average molecular weight is 363 g/mol. The molecular formula is C21H22FN5. The third kappa shape index (κ3) is 3.95. The number of nitrogens with zero attached hydrogens (tertiary/aromatic N) is 4. The largest absolute Gasteiger partial charge is 0.368 e. The SMILES string of the molecule is Nc1ncc(-c2cccc(F)c2)c(C2CCCCN2Cc2cccnc2)n1. The quantitative estimate of drug-likeness (QED) is 0.759. The van der Waals surface area contributed by atoms with Gasteiger partial charge in [0.2, 0.25) is 5.95 Å². The van der Waals surface area contributed by atoms with Gasteiger partial charge in [-0.3, -0.25) is 9.88 Å². The van der Waals surface area contributed by atoms with E-state index in [4.69, 9.17) is 5.73 Å². The molecule has 0 bridgehead atoms. The lowest BCUT2D eigenvalue weighted by molar-refractivity contribution is 0.137. The van der Waals surface area contributed by atoms with Gasteiger partial charge in [0.25, 0.3) is 0 Å². The molecule has 4 rings (SSSR count). The monoisotopic (exact) mass is 363 g/mol. The first kappa shape index (κ1) is 17.5. The summed E-state index contributed by atoms with van der Waals surface area (Å²) >= 11 is 0. The maximum Gasteiger partial charge on any atom is 0.220 e. The van der Waals surface area contributed by atoms with Gasteiger partial charge in [0, 0.05) is 30.7 Å². The number of likely N-dealkylation sites (tertiary alicyclic amines) is 1. The fraction of sp³-hybridized carbons (Fsp3) is 0.286. The second kappa shape index (κ2) is 7.80. The summed E-state index contributed by atoms with van der Waals surface area (Å²) in [4.78, 5) is 15.4. The predicted octanol–water partition coefficient (Wildman–Crippen LogP) is 3.99. The van der Waals surface area contributed by atoms with Crippen molar-refractivity contribution in [2.24, 2.45) is 0 Å². The predicted molar refractivity (Wildman–Crippen MR) is 103 cm³/mol. The first-order valence-electron chi connectivity index (χ1n) is 9.22. The first-order valence-corrected chi connectivity index (χ1v) is 9.22. The summed E-state index contributed by atoms with van der Waals surface area (Å²) in [6.07, 6.45) is 8.65. The van der Waals surface area contributed by atoms with E-state index in [1.807, 2.05) is 18.3 Å². The molecule has 5 nitrogen and oxygen atoms in total. The lowest BCUT2D eigenvalue weighted by Crippen LogP contribution is -2.34. The molecule has 0 aliphatic carbocycles. The van der Waals surface area contributed by atoms with E-state index in [9.17, 15) is 4.39 Å². The third-order valence-corrected chi connectivity index (χ3v) is 5.01. The molecule has 0 amide bonds. The number of hydrogen-bond acceptors (Lipinski definition) is 5. The molecule has 2 aromatic heterocycles. The lowest BCUT2D eigenvalue weighted by Gasteiger charge is -2.36. The van der Waals surface area contributed by atoms with Crippen molar-refractivity contribution in [3.8, 4) is 11.1 Å². The highest BCUT2D eigenvalue weighted by Gasteiger charge is 2.28. The number of aromatic nitrogens is 3. The van der Waals surface area contributed by atoms with Gasteiger partial charge in [0.15, 0.2) is 0 Å². The highest BCUT2D eigenvalue weighted by molar-refractivity contribution is 5.66. The molecule has 0 spiro atoms. The van der Waals surface area contributed by atoms with Gasteiger partial charge in [-0.2, -0.15) is 0 Å². The fourth-order valence-electron chi connectivity index (χ4n) is 3.76. The van der Waals surface area contributed by atoms with Gasteiger partial charge in [-0.15, -0.1) is 0 Å². The minimum Gasteiger partial charge on any atom is -0.368 e. The second-order valence-corrected chi connectivity index (χ2v) is 6.88. The van der Waals surface area contributed by atoms with Crippen LogP contribution in [0.3, 0.4) is 0 Å². The van der Waals surface area contributed by atoms with Gasteiger partial charge in [0.05, 0.1) is 11.7 Å². The second-order valence-electron chi connectivity index (χ2n) is 6.88. The summed E-state index contributed by atoms with van der Waals surface area (Å²) in [6.45, 7) is 1.77. The van der Waals surface area contributed by atoms with E-state index >= 15 is 0 Å². The molecule has 0 radical (unpaired) electrons. The van der Waals surface area contributed by atoms with E-state index in [1.54, 1.807) is 18.5 Å². The number of benzene rings is 1. The molecule has 0 saturated carbocycles. The van der Waals surface area contributed by atoms with Crippen molar-refractivity contribution >= 4 is 5.95 Å². The molecule has 2 N–H and O–H groups in total. The van der Waals surface area contributed by atoms with Crippen LogP contribution in [0.4, 0.5) is 10.3 Å². The van der Waals surface area contributed by atoms with Crippen molar-refractivity contribution in [3.05, 3.63) is 72.1 Å². The topological polar surface area (TPSA) is 67.9 Å². The molecule has 1 aliphatic rings. The van der Waals surface area contributed by atoms with Gasteiger partial charge < -0.3 is 5.73 Å². The zero-order valence-corrected chi connectivity index (χ0v) is 15.1. The van der Waals surface area contributed by atoms with Crippen LogP contribution in [0.5, 0.6) is 0 Å². The van der Waals surface area contributed by atoms with Crippen LogP contribution in [-0.4, -0.2) is 26.4 Å². The van der Waals surface area contributed by atoms with Crippen molar-refractivity contribution < 1.29 is 4.39 Å². The average Bonchev–Trinajstić information content (AvgIpc) is 2.69. The van der Waals surface area contributed by atoms with Crippen molar-refractivity contribution in [1.82, 2.24) is 19.9 Å². The van der Waals surface area contributed by atoms with E-state index in [-0.39, 0.29) is 17.8 Å². The number of piperidine rings is 1. The van der Waals surface area contributed by atoms with E-state index in [0.29, 0.717) is 0 Å². The van der Waals surface area contributed by atoms with Crippen LogP contribution in [0, 0.1) is 5.82 Å². The summed E-state index contributed by atoms with van der Waals surface area (Å²) in [6, 6.07) is 10.7. The molecule has 1 saturated heterocycles. The summed E-state index contributed by atoms with van der Waals surface area (Å²) in [7, 11) is 0. The minimum absolute atomic E-state index is 0.113. The Kier molecular flexibility index (Phi) is 5.07. The Balaban J connectivity index is 1.72. The van der Waals surface area contributed by atoms with E-state index in [0.717, 1.165) is 49.2 Å². The summed E-state index contributed by atoms with van der Waals surface area (Å²) in [5, 5.41) is 0. The molecule has 3 heterocycles. The van der Waals surface area contributed by atoms with Crippen LogP contribution < -0.4 is 5.73 Å². The summed E-state index contributed by atoms with van der Waals surface area (Å²) < 4.78 is 13.8. The highest BCUT2D eigenvalue weighted by Crippen LogP contribution is 2.36. The van der Waals surface area contributed by atoms with Crippen LogP contribution >= 0.6 is 0 Å². The molecule has 1 unspecified atom stereocenters. The normalized spacial score (nSPS) is 17.7. The molecular weight excluding hydrogens is 341 g/mol. The lowest BCUT2D eigenvalue weighted by atomic mass is 9.93. The fourth-order valence-corrected chi connectivity index (χ4v) is 3.76. The van der Waals surface area contributed by atoms with Crippen LogP contribution in [0.15, 0.2) is 55.0 Å². The number of nitrogens with two attached hydrogens (primary N) is 1. The van der Waals surface area contributed by atoms with Crippen LogP contribution in [0.1, 0.15) is 36.6 Å². The van der Waals surface area contributed by atoms with E-state index < -0.39 is 0 Å². The van der Waals surface area contributed by atoms with Gasteiger partial charge in [-0.05, 0) is 48.7 Å². The zero-order valence-electron chi connectivity index (χ0n) is 15.1. The van der Waals surface area contributed by atoms with Crippen molar-refractivity contribution in [1.29, 1.82) is 0 Å². The van der Waals surface area contributed by atoms with Crippen LogP contribution in [-0.2, 0) is 6.54 Å². The molecule has 138 valence electrons. The Morgan fingerprint density at radius 2 is 2.07 bits per heavy atom. The number of halogens is 1. The van der Waals surface area contributed by atoms with Crippen molar-refractivity contribution in [3.63, 3.8) is 0 Å². The van der Waals surface area contributed by atoms with Gasteiger partial charge in [-0.1, -0.05) is 24.6 Å². The molecule has 1 aromatic carbocycles. The van der Waals surface area contributed by atoms with Crippen molar-refractivity contribution in [2.45, 2.75) is 31.8 Å². The maximum atomic E-state index is 13.8. The highest BCUT2D eigenvalue weighted by atomic mass is 19.1. The number of rotatable bonds is 4. The Labute approximate surface area is 158 Å². The molecule has 3 aromatic rings. The standard InChI is InChI=1S/C21H22FN5/c22-17-7-3-6-16(11-17)18-13-25-21(23)26-20(18)19-8-1-2-10-27(19)14-15-5-4-9-24-12-15/h3-7,9,11-13,19H,1-2,8,10,14H2,(H2,23,25,26). The van der Waals surface area contributed by atoms with Gasteiger partial charge in [-0.25, -0.2) is 14.4 Å². The number of anilines is 1. The van der Waals surface area contributed by atoms with E-state index in [2.05, 4.69) is 25.9 Å². The Bertz CT molecular complexity index is 915. The molecule has 1 fully saturated rings. The zero-order chi connectivity index (χ0) is 18.6. The molecule has 6 heteroatoms. The minimum atomic E-state index is -0.272. The van der Waals surface area contributed by atoms with Gasteiger partial charge >= 0.3 is 0 Å². The van der Waals surface area contributed by atoms with Crippen LogP contribution in [0.2, 0.25) is 0 Å². The molecule has 27 heavy (non-hydrogen) atoms. The third-order valence-electron chi connectivity index (χ3n) is 5.01. The number of nitrogen functional groups attached to an aromatic ring is 1. The first-order chi connectivity index (χ1) is 13.2. The molecule has 1 aliphatic heterocycles. The number of hydrogen-bond donors (Lipinski definition) is 1. The maximum absolute atomic E-state index is 13.8. The Hall–Kier alpha value is -2.86. The molecule has 1 atom stereocenters. The van der Waals surface area contributed by atoms with E-state index in [1.165, 1.54) is 17.7 Å². The Morgan fingerprint density at radius 1 is 1.15 bits per heavy atom. The summed E-state index contributed by atoms with van der Waals surface area (Å²) in [5.74, 6) is -0.0248. The Morgan fingerprint density at radius 3 is 2.89 bits per heavy atom. The van der Waals surface area contributed by atoms with Crippen LogP contribution in [0.25, 0.3) is 11.1 Å². The van der Waals surface area contributed by atoms with Crippen molar-refractivity contribution in [2.75, 3.05) is 12.3 Å². The summed E-state index contributed by atoms with van der Waals surface area (Å²) in [5.41, 5.74) is 9.57. The van der Waals surface area contributed by atoms with Gasteiger partial charge in [0.1, 0.15) is 5.82 Å².